The summed E-state index contributed by atoms with van der Waals surface area (Å²) < 4.78 is 32.9. The molecular weight excluding hydrogens is 288 g/mol. The van der Waals surface area contributed by atoms with Gasteiger partial charge in [0.1, 0.15) is 16.4 Å². The SMILES string of the molecule is Cc1oc(CNC2CC2)cc1S(=O)(=O)N1CCCCC1C. The molecule has 1 unspecified atom stereocenters. The van der Waals surface area contributed by atoms with Gasteiger partial charge in [-0.25, -0.2) is 8.42 Å². The summed E-state index contributed by atoms with van der Waals surface area (Å²) in [6.07, 6.45) is 5.39. The molecule has 0 aromatic carbocycles. The largest absolute Gasteiger partial charge is 0.464 e. The lowest BCUT2D eigenvalue weighted by Crippen LogP contribution is -2.41. The molecule has 1 aliphatic heterocycles. The summed E-state index contributed by atoms with van der Waals surface area (Å²) in [6, 6.07) is 2.35. The molecule has 1 saturated carbocycles. The van der Waals surface area contributed by atoms with Gasteiger partial charge >= 0.3 is 0 Å². The van der Waals surface area contributed by atoms with E-state index in [-0.39, 0.29) is 6.04 Å². The van der Waals surface area contributed by atoms with Crippen molar-refractivity contribution in [2.45, 2.75) is 69.5 Å². The van der Waals surface area contributed by atoms with Crippen molar-refractivity contribution in [1.29, 1.82) is 0 Å². The molecule has 2 heterocycles. The van der Waals surface area contributed by atoms with E-state index in [1.807, 2.05) is 6.92 Å². The summed E-state index contributed by atoms with van der Waals surface area (Å²) >= 11 is 0. The molecule has 2 fully saturated rings. The van der Waals surface area contributed by atoms with Crippen LogP contribution in [0.2, 0.25) is 0 Å². The summed E-state index contributed by atoms with van der Waals surface area (Å²) in [5.41, 5.74) is 0. The molecule has 6 heteroatoms. The van der Waals surface area contributed by atoms with Gasteiger partial charge in [0.15, 0.2) is 0 Å². The summed E-state index contributed by atoms with van der Waals surface area (Å²) in [5.74, 6) is 1.21. The average Bonchev–Trinajstić information content (AvgIpc) is 3.19. The maximum atomic E-state index is 12.8. The molecule has 5 nitrogen and oxygen atoms in total. The van der Waals surface area contributed by atoms with Gasteiger partial charge in [-0.2, -0.15) is 4.31 Å². The lowest BCUT2D eigenvalue weighted by Gasteiger charge is -2.31. The highest BCUT2D eigenvalue weighted by Crippen LogP contribution is 2.29. The van der Waals surface area contributed by atoms with E-state index in [0.29, 0.717) is 35.5 Å². The Balaban J connectivity index is 1.80. The number of hydrogen-bond acceptors (Lipinski definition) is 4. The van der Waals surface area contributed by atoms with Crippen molar-refractivity contribution in [3.05, 3.63) is 17.6 Å². The maximum absolute atomic E-state index is 12.8. The zero-order valence-corrected chi connectivity index (χ0v) is 13.6. The number of sulfonamides is 1. The Bertz CT molecular complexity index is 604. The minimum absolute atomic E-state index is 0.0751. The van der Waals surface area contributed by atoms with Crippen LogP contribution in [0, 0.1) is 6.92 Å². The van der Waals surface area contributed by atoms with Crippen LogP contribution < -0.4 is 5.32 Å². The van der Waals surface area contributed by atoms with E-state index in [1.54, 1.807) is 17.3 Å². The number of aryl methyl sites for hydroxylation is 1. The van der Waals surface area contributed by atoms with Crippen molar-refractivity contribution in [3.8, 4) is 0 Å². The van der Waals surface area contributed by atoms with Crippen molar-refractivity contribution >= 4 is 10.0 Å². The highest BCUT2D eigenvalue weighted by Gasteiger charge is 2.33. The van der Waals surface area contributed by atoms with Crippen LogP contribution in [-0.2, 0) is 16.6 Å². The molecule has 1 aromatic rings. The van der Waals surface area contributed by atoms with Crippen LogP contribution in [0.15, 0.2) is 15.4 Å². The molecule has 1 aromatic heterocycles. The minimum Gasteiger partial charge on any atom is -0.464 e. The highest BCUT2D eigenvalue weighted by molar-refractivity contribution is 7.89. The molecule has 0 bridgehead atoms. The maximum Gasteiger partial charge on any atom is 0.246 e. The number of nitrogens with one attached hydrogen (secondary N) is 1. The zero-order chi connectivity index (χ0) is 15.0. The lowest BCUT2D eigenvalue weighted by molar-refractivity contribution is 0.268. The van der Waals surface area contributed by atoms with Gasteiger partial charge in [-0.3, -0.25) is 0 Å². The molecule has 118 valence electrons. The van der Waals surface area contributed by atoms with Gasteiger partial charge in [0, 0.05) is 24.7 Å². The van der Waals surface area contributed by atoms with E-state index in [0.717, 1.165) is 19.3 Å². The van der Waals surface area contributed by atoms with Crippen LogP contribution in [0.1, 0.15) is 50.5 Å². The van der Waals surface area contributed by atoms with Gasteiger partial charge in [-0.15, -0.1) is 0 Å². The first kappa shape index (κ1) is 15.1. The monoisotopic (exact) mass is 312 g/mol. The molecule has 1 aliphatic carbocycles. The quantitative estimate of drug-likeness (QED) is 0.907. The van der Waals surface area contributed by atoms with Crippen molar-refractivity contribution < 1.29 is 12.8 Å². The zero-order valence-electron chi connectivity index (χ0n) is 12.8. The third-order valence-electron chi connectivity index (χ3n) is 4.39. The second kappa shape index (κ2) is 5.74. The fraction of sp³-hybridized carbons (Fsp3) is 0.733. The van der Waals surface area contributed by atoms with Crippen molar-refractivity contribution in [3.63, 3.8) is 0 Å². The van der Waals surface area contributed by atoms with Gasteiger partial charge in [-0.1, -0.05) is 6.42 Å². The first-order chi connectivity index (χ1) is 9.98. The number of hydrogen-bond donors (Lipinski definition) is 1. The Hall–Kier alpha value is -0.850. The van der Waals surface area contributed by atoms with E-state index >= 15 is 0 Å². The number of piperidine rings is 1. The highest BCUT2D eigenvalue weighted by atomic mass is 32.2. The van der Waals surface area contributed by atoms with Crippen LogP contribution in [-0.4, -0.2) is 31.4 Å². The predicted molar refractivity (Wildman–Crippen MR) is 80.5 cm³/mol. The predicted octanol–water partition coefficient (Wildman–Crippen LogP) is 2.40. The van der Waals surface area contributed by atoms with E-state index in [2.05, 4.69) is 5.32 Å². The van der Waals surface area contributed by atoms with Crippen molar-refractivity contribution in [2.75, 3.05) is 6.54 Å². The first-order valence-electron chi connectivity index (χ1n) is 7.83. The fourth-order valence-electron chi connectivity index (χ4n) is 2.96. The Morgan fingerprint density at radius 2 is 2.10 bits per heavy atom. The lowest BCUT2D eigenvalue weighted by atomic mass is 10.1. The van der Waals surface area contributed by atoms with Crippen LogP contribution in [0.3, 0.4) is 0 Å². The summed E-state index contributed by atoms with van der Waals surface area (Å²) in [5, 5.41) is 3.35. The Morgan fingerprint density at radius 3 is 2.76 bits per heavy atom. The smallest absolute Gasteiger partial charge is 0.246 e. The molecule has 0 amide bonds. The van der Waals surface area contributed by atoms with Crippen LogP contribution in [0.5, 0.6) is 0 Å². The van der Waals surface area contributed by atoms with Crippen molar-refractivity contribution in [2.24, 2.45) is 0 Å². The Morgan fingerprint density at radius 1 is 1.33 bits per heavy atom. The minimum atomic E-state index is -3.43. The Kier molecular flexibility index (Phi) is 4.12. The van der Waals surface area contributed by atoms with Gasteiger partial charge in [0.25, 0.3) is 0 Å². The topological polar surface area (TPSA) is 62.6 Å². The average molecular weight is 312 g/mol. The number of rotatable bonds is 5. The van der Waals surface area contributed by atoms with Crippen LogP contribution in [0.4, 0.5) is 0 Å². The fourth-order valence-corrected chi connectivity index (χ4v) is 4.84. The first-order valence-corrected chi connectivity index (χ1v) is 9.27. The van der Waals surface area contributed by atoms with E-state index in [4.69, 9.17) is 4.42 Å². The molecule has 1 N–H and O–H groups in total. The van der Waals surface area contributed by atoms with Gasteiger partial charge in [0.2, 0.25) is 10.0 Å². The molecule has 2 aliphatic rings. The normalized spacial score (nSPS) is 24.4. The van der Waals surface area contributed by atoms with Gasteiger partial charge < -0.3 is 9.73 Å². The third kappa shape index (κ3) is 3.17. The number of nitrogens with zero attached hydrogens (tertiary/aromatic N) is 1. The molecule has 3 rings (SSSR count). The molecular formula is C15H24N2O3S. The van der Waals surface area contributed by atoms with Gasteiger partial charge in [0.05, 0.1) is 6.54 Å². The van der Waals surface area contributed by atoms with Gasteiger partial charge in [-0.05, 0) is 39.5 Å². The van der Waals surface area contributed by atoms with Crippen molar-refractivity contribution in [1.82, 2.24) is 9.62 Å². The third-order valence-corrected chi connectivity index (χ3v) is 6.52. The number of furan rings is 1. The molecule has 1 atom stereocenters. The second-order valence-corrected chi connectivity index (χ2v) is 8.11. The van der Waals surface area contributed by atoms with Crippen LogP contribution >= 0.6 is 0 Å². The summed E-state index contributed by atoms with van der Waals surface area (Å²) in [6.45, 7) is 4.95. The molecule has 0 radical (unpaired) electrons. The van der Waals surface area contributed by atoms with E-state index in [9.17, 15) is 8.42 Å². The molecule has 1 saturated heterocycles. The Labute approximate surface area is 126 Å². The van der Waals surface area contributed by atoms with Crippen LogP contribution in [0.25, 0.3) is 0 Å². The summed E-state index contributed by atoms with van der Waals surface area (Å²) in [7, 11) is -3.43. The second-order valence-electron chi connectivity index (χ2n) is 6.25. The van der Waals surface area contributed by atoms with E-state index < -0.39 is 10.0 Å². The van der Waals surface area contributed by atoms with E-state index in [1.165, 1.54) is 12.8 Å². The molecule has 0 spiro atoms. The molecule has 21 heavy (non-hydrogen) atoms. The standard InChI is InChI=1S/C15H24N2O3S/c1-11-5-3-4-8-17(11)21(18,19)15-9-14(20-12(15)2)10-16-13-6-7-13/h9,11,13,16H,3-8,10H2,1-2H3. The summed E-state index contributed by atoms with van der Waals surface area (Å²) in [4.78, 5) is 0.337.